The first kappa shape index (κ1) is 18.5. The summed E-state index contributed by atoms with van der Waals surface area (Å²) in [5.74, 6) is 0.347. The quantitative estimate of drug-likeness (QED) is 0.456. The van der Waals surface area contributed by atoms with Crippen LogP contribution in [0.3, 0.4) is 0 Å². The molecule has 0 N–H and O–H groups in total. The lowest BCUT2D eigenvalue weighted by Gasteiger charge is -2.13. The lowest BCUT2D eigenvalue weighted by atomic mass is 10.2. The number of nitrogens with zero attached hydrogens (tertiary/aromatic N) is 3. The van der Waals surface area contributed by atoms with E-state index >= 15 is 0 Å². The normalized spacial score (nSPS) is 12.0. The Labute approximate surface area is 161 Å². The molecule has 0 aliphatic rings. The smallest absolute Gasteiger partial charge is 0.319 e. The number of aromatic nitrogens is 3. The second-order valence-corrected chi connectivity index (χ2v) is 7.18. The van der Waals surface area contributed by atoms with E-state index in [1.807, 2.05) is 59.2 Å². The van der Waals surface area contributed by atoms with Crippen LogP contribution in [0.15, 0.2) is 59.8 Å². The zero-order valence-corrected chi connectivity index (χ0v) is 16.0. The Hall–Kier alpha value is -2.31. The maximum absolute atomic E-state index is 12.0. The van der Waals surface area contributed by atoms with E-state index in [1.165, 1.54) is 11.8 Å². The van der Waals surface area contributed by atoms with Crippen LogP contribution in [0.5, 0.6) is 0 Å². The number of ether oxygens (including phenoxy) is 1. The van der Waals surface area contributed by atoms with Crippen molar-refractivity contribution in [3.63, 3.8) is 0 Å². The number of benzene rings is 2. The van der Waals surface area contributed by atoms with Crippen LogP contribution < -0.4 is 0 Å². The van der Waals surface area contributed by atoms with Crippen molar-refractivity contribution in [2.45, 2.75) is 24.3 Å². The molecule has 5 nitrogen and oxygen atoms in total. The lowest BCUT2D eigenvalue weighted by Crippen LogP contribution is -2.17. The van der Waals surface area contributed by atoms with Crippen molar-refractivity contribution in [2.24, 2.45) is 0 Å². The standard InChI is InChI=1S/C19H18ClN3O2S/c1-3-25-18(24)13(2)26-19-22-21-17(15-11-7-8-12-16(15)20)23(19)14-9-5-4-6-10-14/h4-13H,3H2,1-2H3/t13-/m0/s1. The molecule has 3 aromatic rings. The largest absolute Gasteiger partial charge is 0.465 e. The summed E-state index contributed by atoms with van der Waals surface area (Å²) in [6, 6.07) is 17.2. The molecule has 0 radical (unpaired) electrons. The number of halogens is 1. The molecular formula is C19H18ClN3O2S. The number of hydrogen-bond acceptors (Lipinski definition) is 5. The van der Waals surface area contributed by atoms with E-state index in [4.69, 9.17) is 16.3 Å². The van der Waals surface area contributed by atoms with Crippen molar-refractivity contribution in [2.75, 3.05) is 6.61 Å². The molecule has 0 bridgehead atoms. The molecule has 0 aliphatic heterocycles. The monoisotopic (exact) mass is 387 g/mol. The SMILES string of the molecule is CCOC(=O)[C@H](C)Sc1nnc(-c2ccccc2Cl)n1-c1ccccc1. The van der Waals surface area contributed by atoms with Crippen LogP contribution >= 0.6 is 23.4 Å². The van der Waals surface area contributed by atoms with Gasteiger partial charge in [0, 0.05) is 11.3 Å². The maximum atomic E-state index is 12.0. The summed E-state index contributed by atoms with van der Waals surface area (Å²) in [5, 5.41) is 9.43. The Morgan fingerprint density at radius 1 is 1.15 bits per heavy atom. The zero-order chi connectivity index (χ0) is 18.5. The number of carbonyl (C=O) groups is 1. The molecular weight excluding hydrogens is 370 g/mol. The van der Waals surface area contributed by atoms with Gasteiger partial charge in [-0.25, -0.2) is 0 Å². The van der Waals surface area contributed by atoms with E-state index in [0.29, 0.717) is 22.6 Å². The maximum Gasteiger partial charge on any atom is 0.319 e. The Kier molecular flexibility index (Phi) is 5.96. The van der Waals surface area contributed by atoms with Crippen LogP contribution in [0.2, 0.25) is 5.02 Å². The molecule has 3 rings (SSSR count). The highest BCUT2D eigenvalue weighted by atomic mass is 35.5. The first-order chi connectivity index (χ1) is 12.6. The average Bonchev–Trinajstić information content (AvgIpc) is 3.06. The van der Waals surface area contributed by atoms with Crippen molar-refractivity contribution in [3.8, 4) is 17.1 Å². The third-order valence-corrected chi connectivity index (χ3v) is 5.01. The van der Waals surface area contributed by atoms with E-state index < -0.39 is 5.25 Å². The molecule has 0 saturated heterocycles. The van der Waals surface area contributed by atoms with Crippen LogP contribution in [0.4, 0.5) is 0 Å². The minimum atomic E-state index is -0.402. The van der Waals surface area contributed by atoms with Gasteiger partial charge in [0.25, 0.3) is 0 Å². The molecule has 0 fully saturated rings. The van der Waals surface area contributed by atoms with Crippen LogP contribution in [0.25, 0.3) is 17.1 Å². The molecule has 1 heterocycles. The fraction of sp³-hybridized carbons (Fsp3) is 0.211. The Bertz CT molecular complexity index is 899. The highest BCUT2D eigenvalue weighted by Gasteiger charge is 2.23. The first-order valence-corrected chi connectivity index (χ1v) is 9.46. The van der Waals surface area contributed by atoms with Gasteiger partial charge in [0.15, 0.2) is 11.0 Å². The molecule has 0 aliphatic carbocycles. The third kappa shape index (κ3) is 3.92. The summed E-state index contributed by atoms with van der Waals surface area (Å²) in [6.07, 6.45) is 0. The second kappa shape index (κ2) is 8.38. The first-order valence-electron chi connectivity index (χ1n) is 8.20. The van der Waals surface area contributed by atoms with Gasteiger partial charge < -0.3 is 4.74 Å². The number of hydrogen-bond donors (Lipinski definition) is 0. The van der Waals surface area contributed by atoms with E-state index in [1.54, 1.807) is 13.8 Å². The summed E-state index contributed by atoms with van der Waals surface area (Å²) in [4.78, 5) is 12.0. The third-order valence-electron chi connectivity index (χ3n) is 3.66. The Balaban J connectivity index is 2.06. The molecule has 0 spiro atoms. The van der Waals surface area contributed by atoms with E-state index in [9.17, 15) is 4.79 Å². The average molecular weight is 388 g/mol. The van der Waals surface area contributed by atoms with Crippen LogP contribution in [-0.4, -0.2) is 32.6 Å². The van der Waals surface area contributed by atoms with Crippen LogP contribution in [0, 0.1) is 0 Å². The summed E-state index contributed by atoms with van der Waals surface area (Å²) < 4.78 is 7.00. The molecule has 0 saturated carbocycles. The molecule has 7 heteroatoms. The van der Waals surface area contributed by atoms with Gasteiger partial charge in [-0.1, -0.05) is 53.7 Å². The van der Waals surface area contributed by atoms with E-state index in [-0.39, 0.29) is 5.97 Å². The van der Waals surface area contributed by atoms with Gasteiger partial charge in [-0.05, 0) is 38.1 Å². The Morgan fingerprint density at radius 2 is 1.85 bits per heavy atom. The zero-order valence-electron chi connectivity index (χ0n) is 14.4. The molecule has 0 unspecified atom stereocenters. The van der Waals surface area contributed by atoms with Gasteiger partial charge in [-0.2, -0.15) is 0 Å². The van der Waals surface area contributed by atoms with Crippen molar-refractivity contribution >= 4 is 29.3 Å². The summed E-state index contributed by atoms with van der Waals surface area (Å²) in [5.41, 5.74) is 1.67. The van der Waals surface area contributed by atoms with Crippen molar-refractivity contribution in [1.82, 2.24) is 14.8 Å². The number of para-hydroxylation sites is 1. The van der Waals surface area contributed by atoms with Gasteiger partial charge in [0.05, 0.1) is 11.6 Å². The fourth-order valence-corrected chi connectivity index (χ4v) is 3.52. The number of rotatable bonds is 6. The number of thioether (sulfide) groups is 1. The molecule has 1 aromatic heterocycles. The van der Waals surface area contributed by atoms with Gasteiger partial charge in [0.1, 0.15) is 5.25 Å². The highest BCUT2D eigenvalue weighted by molar-refractivity contribution is 8.00. The second-order valence-electron chi connectivity index (χ2n) is 5.47. The molecule has 26 heavy (non-hydrogen) atoms. The molecule has 134 valence electrons. The van der Waals surface area contributed by atoms with Gasteiger partial charge in [-0.15, -0.1) is 10.2 Å². The van der Waals surface area contributed by atoms with E-state index in [2.05, 4.69) is 10.2 Å². The predicted molar refractivity (Wildman–Crippen MR) is 104 cm³/mol. The topological polar surface area (TPSA) is 57.0 Å². The lowest BCUT2D eigenvalue weighted by molar-refractivity contribution is -0.142. The van der Waals surface area contributed by atoms with Crippen LogP contribution in [0.1, 0.15) is 13.8 Å². The summed E-state index contributed by atoms with van der Waals surface area (Å²) >= 11 is 7.67. The van der Waals surface area contributed by atoms with Gasteiger partial charge in [-0.3, -0.25) is 9.36 Å². The van der Waals surface area contributed by atoms with Crippen molar-refractivity contribution in [3.05, 3.63) is 59.6 Å². The number of esters is 1. The minimum Gasteiger partial charge on any atom is -0.465 e. The molecule has 1 atom stereocenters. The molecule has 0 amide bonds. The fourth-order valence-electron chi connectivity index (χ4n) is 2.44. The summed E-state index contributed by atoms with van der Waals surface area (Å²) in [6.45, 7) is 3.93. The van der Waals surface area contributed by atoms with Crippen molar-refractivity contribution in [1.29, 1.82) is 0 Å². The summed E-state index contributed by atoms with van der Waals surface area (Å²) in [7, 11) is 0. The Morgan fingerprint density at radius 3 is 2.54 bits per heavy atom. The van der Waals surface area contributed by atoms with Gasteiger partial charge >= 0.3 is 5.97 Å². The van der Waals surface area contributed by atoms with Crippen LogP contribution in [-0.2, 0) is 9.53 Å². The van der Waals surface area contributed by atoms with Gasteiger partial charge in [0.2, 0.25) is 0 Å². The predicted octanol–water partition coefficient (Wildman–Crippen LogP) is 4.63. The highest BCUT2D eigenvalue weighted by Crippen LogP contribution is 2.33. The van der Waals surface area contributed by atoms with E-state index in [0.717, 1.165) is 11.3 Å². The molecule has 2 aromatic carbocycles. The minimum absolute atomic E-state index is 0.278. The van der Waals surface area contributed by atoms with Crippen molar-refractivity contribution < 1.29 is 9.53 Å². The number of carbonyl (C=O) groups excluding carboxylic acids is 1.